The van der Waals surface area contributed by atoms with Crippen molar-refractivity contribution in [3.05, 3.63) is 41.2 Å². The molecule has 48 heavy (non-hydrogen) atoms. The number of rotatable bonds is 6. The molecule has 5 fully saturated rings. The molecule has 4 nitrogen and oxygen atoms in total. The van der Waals surface area contributed by atoms with E-state index in [9.17, 15) is 14.0 Å². The van der Waals surface area contributed by atoms with Gasteiger partial charge in [0.2, 0.25) is 5.91 Å². The molecule has 0 radical (unpaired) electrons. The zero-order valence-corrected chi connectivity index (χ0v) is 31.7. The minimum absolute atomic E-state index is 0.0708. The zero-order valence-electron chi connectivity index (χ0n) is 30.8. The van der Waals surface area contributed by atoms with Crippen molar-refractivity contribution in [3.8, 4) is 0 Å². The normalized spacial score (nSPS) is 38.6. The first-order valence-corrected chi connectivity index (χ1v) is 20.7. The van der Waals surface area contributed by atoms with Gasteiger partial charge >= 0.3 is 0 Å². The van der Waals surface area contributed by atoms with E-state index in [0.717, 1.165) is 51.0 Å². The zero-order chi connectivity index (χ0) is 34.3. The second kappa shape index (κ2) is 14.2. The predicted molar refractivity (Wildman–Crippen MR) is 199 cm³/mol. The molecule has 7 unspecified atom stereocenters. The van der Waals surface area contributed by atoms with E-state index in [1.54, 1.807) is 12.1 Å². The van der Waals surface area contributed by atoms with E-state index in [2.05, 4.69) is 57.8 Å². The van der Waals surface area contributed by atoms with E-state index in [-0.39, 0.29) is 21.8 Å². The van der Waals surface area contributed by atoms with E-state index in [0.29, 0.717) is 47.2 Å². The van der Waals surface area contributed by atoms with Crippen LogP contribution in [0.4, 0.5) is 4.39 Å². The molecule has 1 heterocycles. The van der Waals surface area contributed by atoms with Gasteiger partial charge in [-0.3, -0.25) is 14.5 Å². The summed E-state index contributed by atoms with van der Waals surface area (Å²) in [4.78, 5) is 27.8. The standard InChI is InChI=1S/C39H55FN2O2S.C3H8/c1-36(2)29(26-7-8-27(25-43)32(40)24-26)11-15-38(4)33(36)13-16-37(3)30-12-17-39(14-5-6-31(39)28(30)9-10-34(37)38)35(44)41-18-19-42-20-22-45-23-21-42;1-3-2/h7-8,11,24-25,28,30-31,33-34H,5-6,9-10,12-23H2,1-4H3,(H,41,44);3H2,1-2H3/t28?,30?,31?,33?,34?,37?,38?,39-;/m0./s1. The molecule has 1 amide bonds. The number of allylic oxidation sites excluding steroid dienone is 2. The maximum absolute atomic E-state index is 14.7. The van der Waals surface area contributed by atoms with Crippen LogP contribution in [0.2, 0.25) is 0 Å². The van der Waals surface area contributed by atoms with Crippen molar-refractivity contribution in [2.45, 2.75) is 112 Å². The van der Waals surface area contributed by atoms with Gasteiger partial charge in [-0.15, -0.1) is 0 Å². The van der Waals surface area contributed by atoms with Gasteiger partial charge in [-0.25, -0.2) is 4.39 Å². The van der Waals surface area contributed by atoms with Crippen molar-refractivity contribution in [1.29, 1.82) is 0 Å². The molecule has 4 saturated carbocycles. The van der Waals surface area contributed by atoms with Crippen LogP contribution >= 0.6 is 11.8 Å². The van der Waals surface area contributed by atoms with Gasteiger partial charge in [0.15, 0.2) is 6.29 Å². The molecule has 5 aliphatic carbocycles. The summed E-state index contributed by atoms with van der Waals surface area (Å²) in [5.41, 5.74) is 2.63. The molecule has 0 bridgehead atoms. The van der Waals surface area contributed by atoms with Gasteiger partial charge in [-0.1, -0.05) is 66.5 Å². The van der Waals surface area contributed by atoms with E-state index in [4.69, 9.17) is 0 Å². The lowest BCUT2D eigenvalue weighted by molar-refractivity contribution is -0.181. The number of amides is 1. The van der Waals surface area contributed by atoms with Crippen LogP contribution < -0.4 is 5.32 Å². The Morgan fingerprint density at radius 3 is 2.42 bits per heavy atom. The first-order chi connectivity index (χ1) is 23.0. The highest BCUT2D eigenvalue weighted by Crippen LogP contribution is 2.73. The van der Waals surface area contributed by atoms with Gasteiger partial charge in [0.25, 0.3) is 0 Å². The molecular formula is C42H63FN2O2S. The first kappa shape index (κ1) is 36.1. The SMILES string of the molecule is CC1(C)C(c2ccc(C=O)c(F)c2)=CCC2(C)C1CCC1(C)C3CC[C@@]4(C(=O)NCCN5CCSCC5)CCCC4C3CCC12.CCC. The Balaban J connectivity index is 0.00000129. The van der Waals surface area contributed by atoms with E-state index < -0.39 is 5.82 Å². The second-order valence-electron chi connectivity index (χ2n) is 17.5. The molecular weight excluding hydrogens is 616 g/mol. The number of aldehydes is 1. The Bertz CT molecular complexity index is 1370. The Kier molecular flexibility index (Phi) is 10.7. The number of carbonyl (C=O) groups excluding carboxylic acids is 2. The molecule has 0 aromatic heterocycles. The number of carbonyl (C=O) groups is 2. The lowest BCUT2D eigenvalue weighted by atomic mass is 9.36. The van der Waals surface area contributed by atoms with Crippen LogP contribution in [0.3, 0.4) is 0 Å². The second-order valence-corrected chi connectivity index (χ2v) is 18.7. The van der Waals surface area contributed by atoms with Crippen molar-refractivity contribution >= 4 is 29.5 Å². The summed E-state index contributed by atoms with van der Waals surface area (Å²) in [7, 11) is 0. The van der Waals surface area contributed by atoms with Gasteiger partial charge in [-0.2, -0.15) is 11.8 Å². The van der Waals surface area contributed by atoms with Gasteiger partial charge in [0.1, 0.15) is 5.82 Å². The largest absolute Gasteiger partial charge is 0.354 e. The number of halogens is 1. The highest BCUT2D eigenvalue weighted by atomic mass is 32.2. The van der Waals surface area contributed by atoms with Gasteiger partial charge in [0.05, 0.1) is 11.0 Å². The number of hydrogen-bond acceptors (Lipinski definition) is 4. The number of nitrogens with zero attached hydrogens (tertiary/aromatic N) is 1. The summed E-state index contributed by atoms with van der Waals surface area (Å²) >= 11 is 2.04. The number of thioether (sulfide) groups is 1. The number of benzene rings is 1. The van der Waals surface area contributed by atoms with Crippen molar-refractivity contribution in [2.24, 2.45) is 51.2 Å². The lowest BCUT2D eigenvalue weighted by Crippen LogP contribution is -2.62. The summed E-state index contributed by atoms with van der Waals surface area (Å²) in [6.45, 7) is 18.3. The third kappa shape index (κ3) is 6.05. The Hall–Kier alpha value is -1.66. The Labute approximate surface area is 295 Å². The van der Waals surface area contributed by atoms with Gasteiger partial charge in [-0.05, 0) is 127 Å². The summed E-state index contributed by atoms with van der Waals surface area (Å²) in [5, 5.41) is 3.47. The fourth-order valence-corrected chi connectivity index (χ4v) is 13.8. The van der Waals surface area contributed by atoms with Crippen LogP contribution in [0.15, 0.2) is 24.3 Å². The smallest absolute Gasteiger partial charge is 0.226 e. The molecule has 266 valence electrons. The number of nitrogens with one attached hydrogen (secondary N) is 1. The van der Waals surface area contributed by atoms with Crippen LogP contribution in [0, 0.1) is 57.1 Å². The number of fused-ring (bicyclic) bond motifs is 7. The fourth-order valence-electron chi connectivity index (χ4n) is 12.8. The van der Waals surface area contributed by atoms with Gasteiger partial charge < -0.3 is 5.32 Å². The van der Waals surface area contributed by atoms with E-state index >= 15 is 0 Å². The van der Waals surface area contributed by atoms with Crippen molar-refractivity contribution in [2.75, 3.05) is 37.7 Å². The molecule has 1 aliphatic heterocycles. The minimum Gasteiger partial charge on any atom is -0.354 e. The molecule has 6 heteroatoms. The van der Waals surface area contributed by atoms with Crippen LogP contribution in [-0.4, -0.2) is 54.8 Å². The summed E-state index contributed by atoms with van der Waals surface area (Å²) in [5.74, 6) is 5.52. The lowest BCUT2D eigenvalue weighted by Gasteiger charge is -2.68. The van der Waals surface area contributed by atoms with Crippen LogP contribution in [0.1, 0.15) is 128 Å². The third-order valence-corrected chi connectivity index (χ3v) is 15.7. The molecule has 1 aromatic carbocycles. The summed E-state index contributed by atoms with van der Waals surface area (Å²) in [6, 6.07) is 5.17. The van der Waals surface area contributed by atoms with Gasteiger partial charge in [0, 0.05) is 37.7 Å². The summed E-state index contributed by atoms with van der Waals surface area (Å²) in [6.07, 6.45) is 16.1. The molecule has 1 saturated heterocycles. The van der Waals surface area contributed by atoms with E-state index in [1.807, 2.05) is 17.8 Å². The van der Waals surface area contributed by atoms with Crippen LogP contribution in [0.5, 0.6) is 0 Å². The predicted octanol–water partition coefficient (Wildman–Crippen LogP) is 9.68. The highest BCUT2D eigenvalue weighted by molar-refractivity contribution is 7.99. The molecule has 1 N–H and O–H groups in total. The first-order valence-electron chi connectivity index (χ1n) is 19.5. The summed E-state index contributed by atoms with van der Waals surface area (Å²) < 4.78 is 14.7. The quantitative estimate of drug-likeness (QED) is 0.305. The Morgan fingerprint density at radius 1 is 0.958 bits per heavy atom. The van der Waals surface area contributed by atoms with Crippen LogP contribution in [-0.2, 0) is 4.79 Å². The highest BCUT2D eigenvalue weighted by Gasteiger charge is 2.66. The number of hydrogen-bond donors (Lipinski definition) is 1. The molecule has 6 aliphatic rings. The maximum Gasteiger partial charge on any atom is 0.226 e. The van der Waals surface area contributed by atoms with Crippen molar-refractivity contribution in [1.82, 2.24) is 10.2 Å². The average molecular weight is 679 g/mol. The van der Waals surface area contributed by atoms with Crippen LogP contribution in [0.25, 0.3) is 5.57 Å². The Morgan fingerprint density at radius 2 is 1.71 bits per heavy atom. The van der Waals surface area contributed by atoms with Crippen molar-refractivity contribution < 1.29 is 14.0 Å². The average Bonchev–Trinajstić information content (AvgIpc) is 3.51. The monoisotopic (exact) mass is 678 g/mol. The fraction of sp³-hybridized carbons (Fsp3) is 0.762. The van der Waals surface area contributed by atoms with Crippen molar-refractivity contribution in [3.63, 3.8) is 0 Å². The molecule has 1 aromatic rings. The minimum atomic E-state index is -0.419. The third-order valence-electron chi connectivity index (χ3n) is 14.8. The molecule has 8 atom stereocenters. The van der Waals surface area contributed by atoms with E-state index in [1.165, 1.54) is 68.4 Å². The molecule has 7 rings (SSSR count). The molecule has 0 spiro atoms. The topological polar surface area (TPSA) is 49.4 Å². The maximum atomic E-state index is 14.7.